The van der Waals surface area contributed by atoms with Crippen molar-refractivity contribution in [3.8, 4) is 0 Å². The number of aliphatic hydroxyl groups is 1. The van der Waals surface area contributed by atoms with Gasteiger partial charge in [0.25, 0.3) is 0 Å². The van der Waals surface area contributed by atoms with Crippen molar-refractivity contribution in [2.45, 2.75) is 32.9 Å². The Bertz CT molecular complexity index is 638. The lowest BCUT2D eigenvalue weighted by molar-refractivity contribution is -0.121. The first-order valence-electron chi connectivity index (χ1n) is 7.29. The van der Waals surface area contributed by atoms with E-state index in [9.17, 15) is 9.18 Å². The van der Waals surface area contributed by atoms with Crippen LogP contribution in [0.3, 0.4) is 0 Å². The fraction of sp³-hybridized carbons (Fsp3) is 0.278. The average Bonchev–Trinajstić information content (AvgIpc) is 2.53. The number of benzene rings is 2. The van der Waals surface area contributed by atoms with Gasteiger partial charge < -0.3 is 10.4 Å². The predicted octanol–water partition coefficient (Wildman–Crippen LogP) is 2.88. The Morgan fingerprint density at radius 3 is 2.50 bits per heavy atom. The molecule has 0 fully saturated rings. The Kier molecular flexibility index (Phi) is 5.67. The maximum Gasteiger partial charge on any atom is 0.220 e. The van der Waals surface area contributed by atoms with Crippen molar-refractivity contribution in [3.63, 3.8) is 0 Å². The van der Waals surface area contributed by atoms with Gasteiger partial charge in [-0.1, -0.05) is 35.9 Å². The van der Waals surface area contributed by atoms with Crippen LogP contribution in [0.4, 0.5) is 4.39 Å². The maximum atomic E-state index is 13.3. The van der Waals surface area contributed by atoms with Crippen LogP contribution >= 0.6 is 0 Å². The first-order valence-corrected chi connectivity index (χ1v) is 7.29. The molecule has 0 aliphatic rings. The third-order valence-corrected chi connectivity index (χ3v) is 3.53. The number of rotatable bonds is 6. The molecule has 0 atom stereocenters. The second-order valence-corrected chi connectivity index (χ2v) is 5.35. The van der Waals surface area contributed by atoms with Crippen LogP contribution in [0, 0.1) is 12.7 Å². The molecule has 0 aliphatic carbocycles. The van der Waals surface area contributed by atoms with Crippen LogP contribution in [0.1, 0.15) is 28.7 Å². The van der Waals surface area contributed by atoms with Gasteiger partial charge in [-0.05, 0) is 36.6 Å². The van der Waals surface area contributed by atoms with E-state index < -0.39 is 5.82 Å². The molecule has 0 saturated heterocycles. The zero-order valence-corrected chi connectivity index (χ0v) is 12.6. The van der Waals surface area contributed by atoms with Gasteiger partial charge in [-0.25, -0.2) is 4.39 Å². The van der Waals surface area contributed by atoms with E-state index in [-0.39, 0.29) is 18.1 Å². The van der Waals surface area contributed by atoms with Gasteiger partial charge in [-0.15, -0.1) is 0 Å². The van der Waals surface area contributed by atoms with Gasteiger partial charge in [0.1, 0.15) is 5.82 Å². The molecular formula is C18H20FNO2. The Morgan fingerprint density at radius 2 is 1.82 bits per heavy atom. The van der Waals surface area contributed by atoms with Gasteiger partial charge in [-0.3, -0.25) is 4.79 Å². The van der Waals surface area contributed by atoms with Crippen molar-refractivity contribution >= 4 is 5.91 Å². The van der Waals surface area contributed by atoms with Gasteiger partial charge >= 0.3 is 0 Å². The van der Waals surface area contributed by atoms with Crippen molar-refractivity contribution in [2.75, 3.05) is 0 Å². The van der Waals surface area contributed by atoms with Gasteiger partial charge in [-0.2, -0.15) is 0 Å². The summed E-state index contributed by atoms with van der Waals surface area (Å²) in [4.78, 5) is 11.8. The summed E-state index contributed by atoms with van der Waals surface area (Å²) in [6.45, 7) is 2.01. The molecule has 2 aromatic carbocycles. The second kappa shape index (κ2) is 7.71. The minimum absolute atomic E-state index is 0.0459. The zero-order valence-electron chi connectivity index (χ0n) is 12.6. The number of carbonyl (C=O) groups is 1. The van der Waals surface area contributed by atoms with Crippen LogP contribution in [0.15, 0.2) is 42.5 Å². The third-order valence-electron chi connectivity index (χ3n) is 3.53. The van der Waals surface area contributed by atoms with Crippen LogP contribution in [-0.4, -0.2) is 11.0 Å². The third kappa shape index (κ3) is 4.67. The van der Waals surface area contributed by atoms with Crippen LogP contribution in [0.2, 0.25) is 0 Å². The molecule has 0 spiro atoms. The number of carbonyl (C=O) groups excluding carboxylic acids is 1. The molecule has 0 saturated carbocycles. The molecular weight excluding hydrogens is 281 g/mol. The second-order valence-electron chi connectivity index (χ2n) is 5.35. The van der Waals surface area contributed by atoms with E-state index in [0.717, 1.165) is 11.1 Å². The van der Waals surface area contributed by atoms with Gasteiger partial charge in [0.05, 0.1) is 6.61 Å². The number of amides is 1. The number of hydrogen-bond acceptors (Lipinski definition) is 2. The smallest absolute Gasteiger partial charge is 0.220 e. The van der Waals surface area contributed by atoms with E-state index in [1.807, 2.05) is 31.2 Å². The van der Waals surface area contributed by atoms with E-state index in [4.69, 9.17) is 5.11 Å². The molecule has 2 rings (SSSR count). The van der Waals surface area contributed by atoms with E-state index in [1.165, 1.54) is 11.6 Å². The minimum atomic E-state index is -0.433. The van der Waals surface area contributed by atoms with Crippen LogP contribution < -0.4 is 5.32 Å². The first kappa shape index (κ1) is 16.2. The zero-order chi connectivity index (χ0) is 15.9. The highest BCUT2D eigenvalue weighted by Gasteiger charge is 2.05. The van der Waals surface area contributed by atoms with Gasteiger partial charge in [0.15, 0.2) is 0 Å². The fourth-order valence-corrected chi connectivity index (χ4v) is 2.16. The number of halogens is 1. The monoisotopic (exact) mass is 301 g/mol. The summed E-state index contributed by atoms with van der Waals surface area (Å²) in [5, 5.41) is 11.8. The topological polar surface area (TPSA) is 49.3 Å². The molecule has 3 nitrogen and oxygen atoms in total. The lowest BCUT2D eigenvalue weighted by Gasteiger charge is -2.07. The maximum absolute atomic E-state index is 13.3. The van der Waals surface area contributed by atoms with E-state index >= 15 is 0 Å². The number of hydrogen-bond donors (Lipinski definition) is 2. The normalized spacial score (nSPS) is 10.5. The highest BCUT2D eigenvalue weighted by atomic mass is 19.1. The summed E-state index contributed by atoms with van der Waals surface area (Å²) in [5.74, 6) is -0.479. The molecule has 2 N–H and O–H groups in total. The summed E-state index contributed by atoms with van der Waals surface area (Å²) in [7, 11) is 0. The van der Waals surface area contributed by atoms with Crippen molar-refractivity contribution in [3.05, 3.63) is 70.5 Å². The number of aryl methyl sites for hydroxylation is 2. The van der Waals surface area contributed by atoms with Crippen molar-refractivity contribution < 1.29 is 14.3 Å². The highest BCUT2D eigenvalue weighted by Crippen LogP contribution is 2.11. The van der Waals surface area contributed by atoms with E-state index in [0.29, 0.717) is 19.4 Å². The quantitative estimate of drug-likeness (QED) is 0.862. The molecule has 0 bridgehead atoms. The van der Waals surface area contributed by atoms with Crippen molar-refractivity contribution in [1.29, 1.82) is 0 Å². The largest absolute Gasteiger partial charge is 0.392 e. The van der Waals surface area contributed by atoms with Crippen LogP contribution in [-0.2, 0) is 24.4 Å². The van der Waals surface area contributed by atoms with E-state index in [2.05, 4.69) is 5.32 Å². The lowest BCUT2D eigenvalue weighted by atomic mass is 10.1. The molecule has 22 heavy (non-hydrogen) atoms. The number of nitrogens with one attached hydrogen (secondary N) is 1. The molecule has 2 aromatic rings. The highest BCUT2D eigenvalue weighted by molar-refractivity contribution is 5.76. The lowest BCUT2D eigenvalue weighted by Crippen LogP contribution is -2.23. The molecule has 0 radical (unpaired) electrons. The number of aliphatic hydroxyl groups excluding tert-OH is 1. The molecule has 0 aliphatic heterocycles. The molecule has 0 heterocycles. The Balaban J connectivity index is 1.81. The Hall–Kier alpha value is -2.20. The first-order chi connectivity index (χ1) is 10.6. The van der Waals surface area contributed by atoms with Crippen LogP contribution in [0.5, 0.6) is 0 Å². The van der Waals surface area contributed by atoms with Crippen molar-refractivity contribution in [2.24, 2.45) is 0 Å². The molecule has 0 unspecified atom stereocenters. The summed E-state index contributed by atoms with van der Waals surface area (Å²) >= 11 is 0. The average molecular weight is 301 g/mol. The molecule has 1 amide bonds. The van der Waals surface area contributed by atoms with Crippen molar-refractivity contribution in [1.82, 2.24) is 5.32 Å². The summed E-state index contributed by atoms with van der Waals surface area (Å²) in [6, 6.07) is 12.6. The summed E-state index contributed by atoms with van der Waals surface area (Å²) in [6.07, 6.45) is 1.11. The van der Waals surface area contributed by atoms with Gasteiger partial charge in [0, 0.05) is 18.5 Å². The fourth-order valence-electron chi connectivity index (χ4n) is 2.16. The molecule has 116 valence electrons. The molecule has 4 heteroatoms. The van der Waals surface area contributed by atoms with Crippen LogP contribution in [0.25, 0.3) is 0 Å². The predicted molar refractivity (Wildman–Crippen MR) is 83.7 cm³/mol. The van der Waals surface area contributed by atoms with Gasteiger partial charge in [0.2, 0.25) is 5.91 Å². The SMILES string of the molecule is Cc1ccc(CCC(=O)NCc2ccc(F)c(CO)c2)cc1. The summed E-state index contributed by atoms with van der Waals surface area (Å²) in [5.41, 5.74) is 3.34. The standard InChI is InChI=1S/C18H20FNO2/c1-13-2-4-14(5-3-13)7-9-18(22)20-11-15-6-8-17(19)16(10-15)12-21/h2-6,8,10,21H,7,9,11-12H2,1H3,(H,20,22). The minimum Gasteiger partial charge on any atom is -0.392 e. The van der Waals surface area contributed by atoms with E-state index in [1.54, 1.807) is 12.1 Å². The Labute approximate surface area is 129 Å². The summed E-state index contributed by atoms with van der Waals surface area (Å²) < 4.78 is 13.3. The molecule has 0 aromatic heterocycles. The Morgan fingerprint density at radius 1 is 1.14 bits per heavy atom.